The molecule has 11 heteroatoms. The van der Waals surface area contributed by atoms with Gasteiger partial charge in [0.05, 0.1) is 18.4 Å². The molecule has 212 valence electrons. The maximum absolute atomic E-state index is 15.0. The monoisotopic (exact) mass is 552 g/mol. The van der Waals surface area contributed by atoms with E-state index in [9.17, 15) is 13.6 Å². The average Bonchev–Trinajstić information content (AvgIpc) is 3.39. The van der Waals surface area contributed by atoms with E-state index in [4.69, 9.17) is 9.47 Å². The number of hydrogen-bond donors (Lipinski definition) is 1. The molecular formula is C29H34F2N6O3. The first kappa shape index (κ1) is 27.5. The Morgan fingerprint density at radius 2 is 1.93 bits per heavy atom. The third kappa shape index (κ3) is 5.93. The van der Waals surface area contributed by atoms with Crippen molar-refractivity contribution in [3.8, 4) is 17.0 Å². The van der Waals surface area contributed by atoms with Crippen LogP contribution in [0.3, 0.4) is 0 Å². The molecule has 9 nitrogen and oxygen atoms in total. The highest BCUT2D eigenvalue weighted by Crippen LogP contribution is 2.39. The summed E-state index contributed by atoms with van der Waals surface area (Å²) < 4.78 is 40.8. The lowest BCUT2D eigenvalue weighted by Crippen LogP contribution is -2.38. The highest BCUT2D eigenvalue weighted by molar-refractivity contribution is 5.73. The Morgan fingerprint density at radius 3 is 2.62 bits per heavy atom. The van der Waals surface area contributed by atoms with Gasteiger partial charge in [-0.3, -0.25) is 0 Å². The van der Waals surface area contributed by atoms with Crippen molar-refractivity contribution >= 4 is 23.5 Å². The van der Waals surface area contributed by atoms with Crippen LogP contribution >= 0.6 is 0 Å². The van der Waals surface area contributed by atoms with E-state index in [0.29, 0.717) is 37.7 Å². The molecule has 1 aromatic carbocycles. The summed E-state index contributed by atoms with van der Waals surface area (Å²) in [4.78, 5) is 29.0. The second-order valence-electron chi connectivity index (χ2n) is 11.3. The van der Waals surface area contributed by atoms with Crippen LogP contribution in [0.1, 0.15) is 52.5 Å². The van der Waals surface area contributed by atoms with Gasteiger partial charge in [0, 0.05) is 36.8 Å². The minimum absolute atomic E-state index is 0.0294. The highest BCUT2D eigenvalue weighted by Gasteiger charge is 2.31. The quantitative estimate of drug-likeness (QED) is 0.419. The molecule has 1 unspecified atom stereocenters. The highest BCUT2D eigenvalue weighted by atomic mass is 19.1. The van der Waals surface area contributed by atoms with Crippen LogP contribution in [0.4, 0.5) is 31.0 Å². The van der Waals surface area contributed by atoms with Crippen LogP contribution in [-0.4, -0.2) is 63.8 Å². The van der Waals surface area contributed by atoms with Crippen molar-refractivity contribution in [3.63, 3.8) is 0 Å². The van der Waals surface area contributed by atoms with Gasteiger partial charge < -0.3 is 24.6 Å². The molecule has 3 aromatic rings. The summed E-state index contributed by atoms with van der Waals surface area (Å²) in [5, 5.41) is 3.00. The summed E-state index contributed by atoms with van der Waals surface area (Å²) in [6, 6.07) is 6.76. The normalized spacial score (nSPS) is 17.1. The largest absolute Gasteiger partial charge is 0.486 e. The Balaban J connectivity index is 1.31. The van der Waals surface area contributed by atoms with E-state index in [1.807, 2.05) is 45.6 Å². The van der Waals surface area contributed by atoms with Crippen LogP contribution in [0, 0.1) is 11.6 Å². The summed E-state index contributed by atoms with van der Waals surface area (Å²) in [5.41, 5.74) is 1.29. The molecule has 0 aliphatic carbocycles. The minimum Gasteiger partial charge on any atom is -0.486 e. The number of carbonyl (C=O) groups excluding carboxylic acids is 1. The van der Waals surface area contributed by atoms with Crippen LogP contribution < -0.4 is 15.0 Å². The van der Waals surface area contributed by atoms with Crippen molar-refractivity contribution in [2.75, 3.05) is 36.5 Å². The maximum Gasteiger partial charge on any atom is 0.410 e. The van der Waals surface area contributed by atoms with Crippen LogP contribution in [0.15, 0.2) is 36.7 Å². The van der Waals surface area contributed by atoms with Crippen LogP contribution in [-0.2, 0) is 4.74 Å². The van der Waals surface area contributed by atoms with E-state index in [1.165, 1.54) is 6.07 Å². The molecule has 2 aromatic heterocycles. The Hall–Kier alpha value is -4.02. The van der Waals surface area contributed by atoms with Gasteiger partial charge in [-0.25, -0.2) is 28.5 Å². The Labute approximate surface area is 232 Å². The van der Waals surface area contributed by atoms with Crippen molar-refractivity contribution < 1.29 is 23.0 Å². The molecule has 4 heterocycles. The number of rotatable bonds is 5. The van der Waals surface area contributed by atoms with Gasteiger partial charge in [-0.2, -0.15) is 0 Å². The fourth-order valence-corrected chi connectivity index (χ4v) is 4.96. The number of fused-ring (bicyclic) bond motifs is 1. The van der Waals surface area contributed by atoms with E-state index < -0.39 is 17.2 Å². The Kier molecular flexibility index (Phi) is 7.48. The second-order valence-corrected chi connectivity index (χ2v) is 11.3. The van der Waals surface area contributed by atoms with Gasteiger partial charge in [-0.05, 0) is 64.8 Å². The molecule has 1 amide bonds. The van der Waals surface area contributed by atoms with E-state index >= 15 is 0 Å². The molecule has 1 saturated heterocycles. The molecule has 40 heavy (non-hydrogen) atoms. The smallest absolute Gasteiger partial charge is 0.410 e. The zero-order valence-electron chi connectivity index (χ0n) is 23.4. The number of halogens is 2. The summed E-state index contributed by atoms with van der Waals surface area (Å²) >= 11 is 0. The Bertz CT molecular complexity index is 1390. The van der Waals surface area contributed by atoms with E-state index in [0.717, 1.165) is 18.2 Å². The van der Waals surface area contributed by atoms with Gasteiger partial charge in [-0.15, -0.1) is 0 Å². The SMILES string of the molecule is CC(C)N1CCOc2c(F)cc(-c3nc(Nc4ccc(C5CCN(C(=O)OC(C)(C)C)C5)cn4)ncc3F)cc21. The van der Waals surface area contributed by atoms with Crippen molar-refractivity contribution in [2.24, 2.45) is 0 Å². The van der Waals surface area contributed by atoms with Crippen molar-refractivity contribution in [3.05, 3.63) is 53.9 Å². The fraction of sp³-hybridized carbons (Fsp3) is 0.448. The molecule has 1 N–H and O–H groups in total. The molecule has 0 spiro atoms. The van der Waals surface area contributed by atoms with Gasteiger partial charge in [0.15, 0.2) is 17.4 Å². The molecule has 2 aliphatic heterocycles. The van der Waals surface area contributed by atoms with Crippen molar-refractivity contribution in [1.82, 2.24) is 19.9 Å². The molecular weight excluding hydrogens is 518 g/mol. The molecule has 0 radical (unpaired) electrons. The summed E-state index contributed by atoms with van der Waals surface area (Å²) in [6.07, 6.45) is 3.30. The zero-order valence-corrected chi connectivity index (χ0v) is 23.4. The standard InChI is InChI=1S/C29H34F2N6O3/c1-17(2)37-10-11-39-26-21(30)12-20(13-23(26)37)25-22(31)15-33-27(35-25)34-24-7-6-18(14-32-24)19-8-9-36(16-19)28(38)40-29(3,4)5/h6-7,12-15,17,19H,8-11,16H2,1-5H3,(H,32,33,34,35). The van der Waals surface area contributed by atoms with Crippen LogP contribution in [0.25, 0.3) is 11.3 Å². The lowest BCUT2D eigenvalue weighted by molar-refractivity contribution is 0.0292. The average molecular weight is 553 g/mol. The first-order valence-electron chi connectivity index (χ1n) is 13.5. The lowest BCUT2D eigenvalue weighted by atomic mass is 10.0. The number of amides is 1. The van der Waals surface area contributed by atoms with Gasteiger partial charge >= 0.3 is 6.09 Å². The van der Waals surface area contributed by atoms with Gasteiger partial charge in [0.1, 0.15) is 23.7 Å². The molecule has 0 saturated carbocycles. The predicted molar refractivity (Wildman–Crippen MR) is 148 cm³/mol. The van der Waals surface area contributed by atoms with Crippen LogP contribution in [0.2, 0.25) is 0 Å². The number of ether oxygens (including phenoxy) is 2. The lowest BCUT2D eigenvalue weighted by Gasteiger charge is -2.34. The topological polar surface area (TPSA) is 92.7 Å². The first-order chi connectivity index (χ1) is 19.0. The molecule has 0 bridgehead atoms. The number of carbonyl (C=O) groups is 1. The van der Waals surface area contributed by atoms with Crippen LogP contribution in [0.5, 0.6) is 5.75 Å². The third-order valence-electron chi connectivity index (χ3n) is 6.89. The maximum atomic E-state index is 15.0. The summed E-state index contributed by atoms with van der Waals surface area (Å²) in [5.74, 6) is -0.326. The van der Waals surface area contributed by atoms with E-state index in [1.54, 1.807) is 23.2 Å². The number of nitrogens with zero attached hydrogens (tertiary/aromatic N) is 5. The summed E-state index contributed by atoms with van der Waals surface area (Å²) in [6.45, 7) is 11.7. The van der Waals surface area contributed by atoms with E-state index in [-0.39, 0.29) is 41.0 Å². The zero-order chi connectivity index (χ0) is 28.6. The number of benzene rings is 1. The second kappa shape index (κ2) is 10.9. The summed E-state index contributed by atoms with van der Waals surface area (Å²) in [7, 11) is 0. The number of aromatic nitrogens is 3. The molecule has 5 rings (SSSR count). The van der Waals surface area contributed by atoms with Crippen molar-refractivity contribution in [1.29, 1.82) is 0 Å². The number of pyridine rings is 1. The Morgan fingerprint density at radius 1 is 1.12 bits per heavy atom. The van der Waals surface area contributed by atoms with E-state index in [2.05, 4.69) is 20.3 Å². The molecule has 2 aliphatic rings. The first-order valence-corrected chi connectivity index (χ1v) is 13.5. The van der Waals surface area contributed by atoms with Gasteiger partial charge in [-0.1, -0.05) is 6.07 Å². The molecule has 1 atom stereocenters. The van der Waals surface area contributed by atoms with Crippen molar-refractivity contribution in [2.45, 2.75) is 58.6 Å². The predicted octanol–water partition coefficient (Wildman–Crippen LogP) is 5.89. The third-order valence-corrected chi connectivity index (χ3v) is 6.89. The number of hydrogen-bond acceptors (Lipinski definition) is 8. The number of anilines is 3. The molecule has 1 fully saturated rings. The van der Waals surface area contributed by atoms with Gasteiger partial charge in [0.2, 0.25) is 5.95 Å². The minimum atomic E-state index is -0.670. The van der Waals surface area contributed by atoms with Gasteiger partial charge in [0.25, 0.3) is 0 Å². The fourth-order valence-electron chi connectivity index (χ4n) is 4.96. The number of nitrogens with one attached hydrogen (secondary N) is 1. The number of likely N-dealkylation sites (tertiary alicyclic amines) is 1.